The number of hydrogen-bond donors (Lipinski definition) is 3. The van der Waals surface area contributed by atoms with Gasteiger partial charge in [-0.25, -0.2) is 4.79 Å². The summed E-state index contributed by atoms with van der Waals surface area (Å²) >= 11 is 11.8. The van der Waals surface area contributed by atoms with Crippen molar-refractivity contribution in [3.05, 3.63) is 81.8 Å². The molecule has 0 aliphatic heterocycles. The Morgan fingerprint density at radius 3 is 2.59 bits per heavy atom. The van der Waals surface area contributed by atoms with Crippen molar-refractivity contribution in [2.45, 2.75) is 13.0 Å². The van der Waals surface area contributed by atoms with Crippen LogP contribution in [0, 0.1) is 0 Å². The van der Waals surface area contributed by atoms with E-state index in [0.29, 0.717) is 10.8 Å². The van der Waals surface area contributed by atoms with Gasteiger partial charge < -0.3 is 20.9 Å². The standard InChI is InChI=1S/C20H19Cl2N3O4/c1-12(13-2-4-14(5-3-13)20(27)28)25-19(26)15(6-16(21)8-23)11-29-18-7-17(22)9-24-10-18/h2-10,12H,11,23H2,1H3,(H,25,26)(H,27,28)/b15-6+,16-8+. The fourth-order valence-corrected chi connectivity index (χ4v) is 2.60. The molecule has 2 rings (SSSR count). The highest BCUT2D eigenvalue weighted by atomic mass is 35.5. The number of carboxylic acids is 1. The van der Waals surface area contributed by atoms with Crippen LogP contribution in [-0.4, -0.2) is 28.6 Å². The second kappa shape index (κ2) is 10.5. The molecule has 1 unspecified atom stereocenters. The second-order valence-electron chi connectivity index (χ2n) is 5.97. The maximum Gasteiger partial charge on any atom is 0.335 e. The van der Waals surface area contributed by atoms with Crippen LogP contribution in [0.25, 0.3) is 0 Å². The van der Waals surface area contributed by atoms with Crippen LogP contribution in [0.5, 0.6) is 5.75 Å². The van der Waals surface area contributed by atoms with Crippen LogP contribution < -0.4 is 15.8 Å². The molecule has 1 atom stereocenters. The molecule has 4 N–H and O–H groups in total. The predicted molar refractivity (Wildman–Crippen MR) is 111 cm³/mol. The molecule has 7 nitrogen and oxygen atoms in total. The molecule has 0 aliphatic rings. The lowest BCUT2D eigenvalue weighted by molar-refractivity contribution is -0.118. The highest BCUT2D eigenvalue weighted by Gasteiger charge is 2.16. The van der Waals surface area contributed by atoms with Crippen LogP contribution in [0.2, 0.25) is 5.02 Å². The van der Waals surface area contributed by atoms with Gasteiger partial charge in [-0.2, -0.15) is 0 Å². The first-order chi connectivity index (χ1) is 13.8. The molecule has 0 saturated carbocycles. The highest BCUT2D eigenvalue weighted by Crippen LogP contribution is 2.18. The zero-order valence-corrected chi connectivity index (χ0v) is 16.9. The minimum atomic E-state index is -1.02. The van der Waals surface area contributed by atoms with Crippen molar-refractivity contribution in [2.75, 3.05) is 6.61 Å². The summed E-state index contributed by atoms with van der Waals surface area (Å²) in [5, 5.41) is 12.4. The number of nitrogens with one attached hydrogen (secondary N) is 1. The number of nitrogens with two attached hydrogens (primary N) is 1. The van der Waals surface area contributed by atoms with Gasteiger partial charge in [-0.1, -0.05) is 35.3 Å². The summed E-state index contributed by atoms with van der Waals surface area (Å²) in [7, 11) is 0. The van der Waals surface area contributed by atoms with Crippen LogP contribution in [0.4, 0.5) is 0 Å². The Morgan fingerprint density at radius 2 is 2.00 bits per heavy atom. The maximum atomic E-state index is 12.7. The number of benzene rings is 1. The number of hydrogen-bond acceptors (Lipinski definition) is 5. The van der Waals surface area contributed by atoms with Gasteiger partial charge in [-0.15, -0.1) is 0 Å². The summed E-state index contributed by atoms with van der Waals surface area (Å²) in [5.41, 5.74) is 6.52. The van der Waals surface area contributed by atoms with E-state index >= 15 is 0 Å². The third-order valence-electron chi connectivity index (χ3n) is 3.84. The van der Waals surface area contributed by atoms with E-state index < -0.39 is 11.9 Å². The van der Waals surface area contributed by atoms with Crippen LogP contribution in [0.1, 0.15) is 28.9 Å². The molecule has 0 fully saturated rings. The number of pyridine rings is 1. The molecule has 1 amide bonds. The first kappa shape index (κ1) is 22.3. The zero-order valence-electron chi connectivity index (χ0n) is 15.4. The molecule has 29 heavy (non-hydrogen) atoms. The van der Waals surface area contributed by atoms with Crippen molar-refractivity contribution in [1.82, 2.24) is 10.3 Å². The van der Waals surface area contributed by atoms with Gasteiger partial charge in [0.25, 0.3) is 5.91 Å². The maximum absolute atomic E-state index is 12.7. The number of carbonyl (C=O) groups excluding carboxylic acids is 1. The van der Waals surface area contributed by atoms with Gasteiger partial charge >= 0.3 is 5.97 Å². The first-order valence-electron chi connectivity index (χ1n) is 8.45. The molecule has 1 heterocycles. The van der Waals surface area contributed by atoms with Gasteiger partial charge in [0, 0.05) is 18.5 Å². The van der Waals surface area contributed by atoms with Crippen LogP contribution >= 0.6 is 23.2 Å². The van der Waals surface area contributed by atoms with Crippen LogP contribution in [0.3, 0.4) is 0 Å². The van der Waals surface area contributed by atoms with Crippen molar-refractivity contribution in [3.63, 3.8) is 0 Å². The quantitative estimate of drug-likeness (QED) is 0.430. The minimum absolute atomic E-state index is 0.0947. The number of carboxylic acid groups (broad SMARTS) is 1. The van der Waals surface area contributed by atoms with E-state index in [2.05, 4.69) is 10.3 Å². The van der Waals surface area contributed by atoms with Gasteiger partial charge in [0.05, 0.1) is 33.4 Å². The summed E-state index contributed by atoms with van der Waals surface area (Å²) < 4.78 is 5.58. The summed E-state index contributed by atoms with van der Waals surface area (Å²) in [6, 6.07) is 7.40. The summed E-state index contributed by atoms with van der Waals surface area (Å²) in [5.74, 6) is -1.05. The minimum Gasteiger partial charge on any atom is -0.487 e. The Balaban J connectivity index is 2.12. The van der Waals surface area contributed by atoms with Crippen LogP contribution in [0.15, 0.2) is 65.6 Å². The van der Waals surface area contributed by atoms with Gasteiger partial charge in [0.1, 0.15) is 12.4 Å². The topological polar surface area (TPSA) is 115 Å². The van der Waals surface area contributed by atoms with Gasteiger partial charge in [0.2, 0.25) is 0 Å². The molecular weight excluding hydrogens is 417 g/mol. The Hall–Kier alpha value is -3.03. The van der Waals surface area contributed by atoms with Crippen molar-refractivity contribution >= 4 is 35.1 Å². The second-order valence-corrected chi connectivity index (χ2v) is 6.84. The summed E-state index contributed by atoms with van der Waals surface area (Å²) in [6.07, 6.45) is 5.48. The average Bonchev–Trinajstić information content (AvgIpc) is 2.70. The number of allylic oxidation sites excluding steroid dienone is 2. The molecule has 0 bridgehead atoms. The molecule has 1 aromatic heterocycles. The number of amides is 1. The number of carbonyl (C=O) groups is 2. The number of aromatic carboxylic acids is 1. The number of ether oxygens (including phenoxy) is 1. The van der Waals surface area contributed by atoms with E-state index in [-0.39, 0.29) is 28.8 Å². The summed E-state index contributed by atoms with van der Waals surface area (Å²) in [4.78, 5) is 27.6. The van der Waals surface area contributed by atoms with Gasteiger partial charge in [-0.05, 0) is 30.7 Å². The Morgan fingerprint density at radius 1 is 1.31 bits per heavy atom. The van der Waals surface area contributed by atoms with E-state index in [4.69, 9.17) is 38.8 Å². The van der Waals surface area contributed by atoms with Gasteiger partial charge in [-0.3, -0.25) is 9.78 Å². The number of nitrogens with zero attached hydrogens (tertiary/aromatic N) is 1. The highest BCUT2D eigenvalue weighted by molar-refractivity contribution is 6.31. The molecule has 0 spiro atoms. The van der Waals surface area contributed by atoms with E-state index in [1.165, 1.54) is 30.6 Å². The van der Waals surface area contributed by atoms with Gasteiger partial charge in [0.15, 0.2) is 0 Å². The van der Waals surface area contributed by atoms with Crippen molar-refractivity contribution < 1.29 is 19.4 Å². The third kappa shape index (κ3) is 6.81. The van der Waals surface area contributed by atoms with Crippen molar-refractivity contribution in [1.29, 1.82) is 0 Å². The van der Waals surface area contributed by atoms with E-state index in [1.807, 2.05) is 0 Å². The zero-order chi connectivity index (χ0) is 21.4. The number of halogens is 2. The van der Waals surface area contributed by atoms with E-state index in [1.54, 1.807) is 25.1 Å². The SMILES string of the molecule is CC(NC(=O)/C(=C/C(Cl)=C\N)COc1cncc(Cl)c1)c1ccc(C(=O)O)cc1. The monoisotopic (exact) mass is 435 g/mol. The first-order valence-corrected chi connectivity index (χ1v) is 9.21. The largest absolute Gasteiger partial charge is 0.487 e. The third-order valence-corrected chi connectivity index (χ3v) is 4.28. The fraction of sp³-hybridized carbons (Fsp3) is 0.150. The Labute approximate surface area is 177 Å². The van der Waals surface area contributed by atoms with E-state index in [0.717, 1.165) is 11.8 Å². The lowest BCUT2D eigenvalue weighted by Gasteiger charge is -2.17. The lowest BCUT2D eigenvalue weighted by atomic mass is 10.1. The smallest absolute Gasteiger partial charge is 0.335 e. The van der Waals surface area contributed by atoms with Crippen LogP contribution in [-0.2, 0) is 4.79 Å². The normalized spacial score (nSPS) is 12.9. The van der Waals surface area contributed by atoms with Crippen molar-refractivity contribution in [2.24, 2.45) is 5.73 Å². The number of rotatable bonds is 8. The number of aromatic nitrogens is 1. The fourth-order valence-electron chi connectivity index (χ4n) is 2.31. The molecule has 152 valence electrons. The Kier molecular flexibility index (Phi) is 8.06. The average molecular weight is 436 g/mol. The van der Waals surface area contributed by atoms with E-state index in [9.17, 15) is 9.59 Å². The Bertz CT molecular complexity index is 943. The molecule has 0 radical (unpaired) electrons. The molecule has 9 heteroatoms. The predicted octanol–water partition coefficient (Wildman–Crippen LogP) is 3.65. The molecule has 0 aliphatic carbocycles. The molecule has 0 saturated heterocycles. The molecule has 1 aromatic carbocycles. The molecular formula is C20H19Cl2N3O4. The molecule has 2 aromatic rings. The van der Waals surface area contributed by atoms with Crippen molar-refractivity contribution in [3.8, 4) is 5.75 Å². The lowest BCUT2D eigenvalue weighted by Crippen LogP contribution is -2.30. The summed E-state index contributed by atoms with van der Waals surface area (Å²) in [6.45, 7) is 1.68.